The number of benzene rings is 2. The van der Waals surface area contributed by atoms with E-state index < -0.39 is 30.8 Å². The van der Waals surface area contributed by atoms with Gasteiger partial charge < -0.3 is 0 Å². The van der Waals surface area contributed by atoms with E-state index in [1.165, 1.54) is 0 Å². The molecule has 0 spiro atoms. The van der Waals surface area contributed by atoms with Crippen LogP contribution in [0.25, 0.3) is 0 Å². The van der Waals surface area contributed by atoms with Crippen LogP contribution in [0.15, 0.2) is 48.5 Å². The van der Waals surface area contributed by atoms with Gasteiger partial charge in [0, 0.05) is 22.7 Å². The van der Waals surface area contributed by atoms with E-state index in [1.54, 1.807) is 32.4 Å². The maximum atomic E-state index is 14.3. The van der Waals surface area contributed by atoms with Gasteiger partial charge in [-0.25, -0.2) is 4.67 Å². The van der Waals surface area contributed by atoms with Gasteiger partial charge in [0.1, 0.15) is 0 Å². The zero-order chi connectivity index (χ0) is 22.2. The van der Waals surface area contributed by atoms with Crippen LogP contribution in [0.1, 0.15) is 38.8 Å². The first-order chi connectivity index (χ1) is 13.2. The lowest BCUT2D eigenvalue weighted by molar-refractivity contribution is -0.138. The average molecular weight is 437 g/mol. The Morgan fingerprint density at radius 1 is 0.655 bits per heavy atom. The maximum Gasteiger partial charge on any atom is 0.416 e. The van der Waals surface area contributed by atoms with Crippen molar-refractivity contribution in [2.45, 2.75) is 52.1 Å². The first-order valence-corrected chi connectivity index (χ1v) is 10.6. The van der Waals surface area contributed by atoms with Gasteiger partial charge in [-0.15, -0.1) is 0 Å². The van der Waals surface area contributed by atoms with Gasteiger partial charge >= 0.3 is 12.4 Å². The highest BCUT2D eigenvalue weighted by Crippen LogP contribution is 2.50. The van der Waals surface area contributed by atoms with Gasteiger partial charge in [0.05, 0.1) is 11.1 Å². The number of hydrogen-bond acceptors (Lipinski definition) is 1. The van der Waals surface area contributed by atoms with Gasteiger partial charge in [0.25, 0.3) is 0 Å². The van der Waals surface area contributed by atoms with Crippen LogP contribution in [0.4, 0.5) is 26.3 Å². The highest BCUT2D eigenvalue weighted by molar-refractivity contribution is 7.76. The second-order valence-electron chi connectivity index (χ2n) is 7.23. The van der Waals surface area contributed by atoms with E-state index in [4.69, 9.17) is 0 Å². The van der Waals surface area contributed by atoms with Crippen LogP contribution in [0.2, 0.25) is 0 Å². The Kier molecular flexibility index (Phi) is 6.60. The lowest BCUT2D eigenvalue weighted by Crippen LogP contribution is -2.41. The molecule has 0 atom stereocenters. The smallest absolute Gasteiger partial charge is 0.296 e. The standard InChI is InChI=1S/C20H22F6NOP/c1-13(2)27(14(3)4)29(28,17-9-5-15(6-10-17)19(21,22)23)18-11-7-16(8-12-18)20(24,25)26/h5-14H,1-4H3. The molecule has 0 bridgehead atoms. The van der Waals surface area contributed by atoms with E-state index in [0.29, 0.717) is 0 Å². The van der Waals surface area contributed by atoms with Gasteiger partial charge in [-0.2, -0.15) is 26.3 Å². The second-order valence-corrected chi connectivity index (χ2v) is 9.88. The monoisotopic (exact) mass is 437 g/mol. The molecule has 0 aliphatic rings. The average Bonchev–Trinajstić information content (AvgIpc) is 2.59. The fraction of sp³-hybridized carbons (Fsp3) is 0.400. The predicted molar refractivity (Wildman–Crippen MR) is 102 cm³/mol. The Bertz CT molecular complexity index is 800. The minimum Gasteiger partial charge on any atom is -0.296 e. The SMILES string of the molecule is CC(C)N(C(C)C)P(=O)(c1ccc(C(F)(F)F)cc1)c1ccc(C(F)(F)F)cc1. The summed E-state index contributed by atoms with van der Waals surface area (Å²) in [7, 11) is -3.69. The number of hydrogen-bond donors (Lipinski definition) is 0. The fourth-order valence-corrected chi connectivity index (χ4v) is 6.61. The van der Waals surface area contributed by atoms with E-state index >= 15 is 0 Å². The van der Waals surface area contributed by atoms with Crippen molar-refractivity contribution in [3.8, 4) is 0 Å². The zero-order valence-corrected chi connectivity index (χ0v) is 17.2. The van der Waals surface area contributed by atoms with Crippen LogP contribution in [-0.4, -0.2) is 16.8 Å². The Hall–Kier alpha value is -1.79. The van der Waals surface area contributed by atoms with Crippen molar-refractivity contribution < 1.29 is 30.9 Å². The van der Waals surface area contributed by atoms with Crippen LogP contribution < -0.4 is 10.6 Å². The summed E-state index contributed by atoms with van der Waals surface area (Å²) >= 11 is 0. The van der Waals surface area contributed by atoms with Crippen molar-refractivity contribution in [1.29, 1.82) is 0 Å². The molecule has 0 heterocycles. The van der Waals surface area contributed by atoms with Crippen LogP contribution in [0.5, 0.6) is 0 Å². The fourth-order valence-electron chi connectivity index (χ4n) is 3.37. The molecule has 2 rings (SSSR count). The Morgan fingerprint density at radius 3 is 1.14 bits per heavy atom. The maximum absolute atomic E-state index is 14.3. The molecule has 9 heteroatoms. The molecular weight excluding hydrogens is 415 g/mol. The zero-order valence-electron chi connectivity index (χ0n) is 16.3. The second kappa shape index (κ2) is 8.15. The van der Waals surface area contributed by atoms with Gasteiger partial charge in [-0.05, 0) is 76.2 Å². The molecule has 2 aromatic rings. The third kappa shape index (κ3) is 4.86. The van der Waals surface area contributed by atoms with E-state index in [2.05, 4.69) is 0 Å². The first-order valence-electron chi connectivity index (χ1n) is 8.93. The minimum atomic E-state index is -4.55. The summed E-state index contributed by atoms with van der Waals surface area (Å²) in [5.74, 6) is 0. The molecule has 29 heavy (non-hydrogen) atoms. The van der Waals surface area contributed by atoms with Crippen molar-refractivity contribution >= 4 is 17.9 Å². The molecule has 0 aliphatic carbocycles. The van der Waals surface area contributed by atoms with Gasteiger partial charge in [0.2, 0.25) is 7.29 Å². The first kappa shape index (κ1) is 23.5. The summed E-state index contributed by atoms with van der Waals surface area (Å²) < 4.78 is 93.5. The van der Waals surface area contributed by atoms with Crippen LogP contribution in [0, 0.1) is 0 Å². The molecule has 2 aromatic carbocycles. The molecule has 0 amide bonds. The molecular formula is C20H22F6NOP. The van der Waals surface area contributed by atoms with Crippen LogP contribution >= 0.6 is 7.29 Å². The third-order valence-electron chi connectivity index (χ3n) is 4.47. The number of nitrogens with zero attached hydrogens (tertiary/aromatic N) is 1. The third-order valence-corrected chi connectivity index (χ3v) is 8.04. The summed E-state index contributed by atoms with van der Waals surface area (Å²) in [5.41, 5.74) is -1.78. The van der Waals surface area contributed by atoms with E-state index in [9.17, 15) is 30.9 Å². The molecule has 0 N–H and O–H groups in total. The van der Waals surface area contributed by atoms with Crippen molar-refractivity contribution in [2.24, 2.45) is 0 Å². The van der Waals surface area contributed by atoms with E-state index in [-0.39, 0.29) is 22.7 Å². The van der Waals surface area contributed by atoms with Crippen molar-refractivity contribution in [2.75, 3.05) is 0 Å². The molecule has 0 fully saturated rings. The number of alkyl halides is 6. The quantitative estimate of drug-likeness (QED) is 0.418. The van der Waals surface area contributed by atoms with Crippen molar-refractivity contribution in [3.63, 3.8) is 0 Å². The van der Waals surface area contributed by atoms with Crippen molar-refractivity contribution in [1.82, 2.24) is 4.67 Å². The summed E-state index contributed by atoms with van der Waals surface area (Å²) in [6.07, 6.45) is -9.10. The molecule has 0 saturated carbocycles. The Balaban J connectivity index is 2.68. The number of rotatable bonds is 5. The highest BCUT2D eigenvalue weighted by Gasteiger charge is 2.40. The Labute approximate surface area is 166 Å². The molecule has 0 aliphatic heterocycles. The summed E-state index contributed by atoms with van der Waals surface area (Å²) in [4.78, 5) is 0. The highest BCUT2D eigenvalue weighted by atomic mass is 31.2. The van der Waals surface area contributed by atoms with Crippen LogP contribution in [0.3, 0.4) is 0 Å². The summed E-state index contributed by atoms with van der Waals surface area (Å²) in [5, 5.41) is 0.264. The van der Waals surface area contributed by atoms with Gasteiger partial charge in [-0.1, -0.05) is 0 Å². The molecule has 0 radical (unpaired) electrons. The Morgan fingerprint density at radius 2 is 0.931 bits per heavy atom. The van der Waals surface area contributed by atoms with Gasteiger partial charge in [0.15, 0.2) is 0 Å². The largest absolute Gasteiger partial charge is 0.416 e. The van der Waals surface area contributed by atoms with Crippen molar-refractivity contribution in [3.05, 3.63) is 59.7 Å². The normalized spacial score (nSPS) is 13.6. The molecule has 2 nitrogen and oxygen atoms in total. The molecule has 0 saturated heterocycles. The predicted octanol–water partition coefficient (Wildman–Crippen LogP) is 6.07. The lowest BCUT2D eigenvalue weighted by atomic mass is 10.2. The molecule has 0 unspecified atom stereocenters. The molecule has 0 aromatic heterocycles. The lowest BCUT2D eigenvalue weighted by Gasteiger charge is -2.38. The number of halogens is 6. The van der Waals surface area contributed by atoms with Crippen LogP contribution in [-0.2, 0) is 16.9 Å². The molecule has 160 valence electrons. The minimum absolute atomic E-state index is 0.132. The summed E-state index contributed by atoms with van der Waals surface area (Å²) in [6, 6.07) is 7.36. The van der Waals surface area contributed by atoms with Gasteiger partial charge in [-0.3, -0.25) is 4.57 Å². The van der Waals surface area contributed by atoms with E-state index in [1.807, 2.05) is 0 Å². The van der Waals surface area contributed by atoms with E-state index in [0.717, 1.165) is 48.5 Å². The summed E-state index contributed by atoms with van der Waals surface area (Å²) in [6.45, 7) is 7.11. The topological polar surface area (TPSA) is 20.3 Å².